The van der Waals surface area contributed by atoms with Gasteiger partial charge >= 0.3 is 5.97 Å². The maximum atomic E-state index is 12.0. The van der Waals surface area contributed by atoms with Crippen LogP contribution in [0.2, 0.25) is 0 Å². The molecular weight excluding hydrogens is 256 g/mol. The quantitative estimate of drug-likeness (QED) is 0.561. The largest absolute Gasteiger partial charge is 0.508 e. The topological polar surface area (TPSA) is 66.8 Å². The number of rotatable bonds is 8. The minimum atomic E-state index is -0.512. The van der Waals surface area contributed by atoms with Crippen LogP contribution in [0.15, 0.2) is 12.1 Å². The summed E-state index contributed by atoms with van der Waals surface area (Å²) in [5.41, 5.74) is 0.809. The monoisotopic (exact) mass is 280 g/mol. The minimum absolute atomic E-state index is 0.0366. The molecule has 20 heavy (non-hydrogen) atoms. The van der Waals surface area contributed by atoms with E-state index in [0.29, 0.717) is 18.6 Å². The van der Waals surface area contributed by atoms with Gasteiger partial charge in [0.1, 0.15) is 17.1 Å². The first-order valence-electron chi connectivity index (χ1n) is 7.32. The number of hydrogen-bond donors (Lipinski definition) is 2. The molecule has 112 valence electrons. The Bertz CT molecular complexity index is 440. The van der Waals surface area contributed by atoms with E-state index >= 15 is 0 Å². The van der Waals surface area contributed by atoms with Gasteiger partial charge in [0.05, 0.1) is 6.61 Å². The van der Waals surface area contributed by atoms with E-state index in [1.54, 1.807) is 0 Å². The number of phenolic OH excluding ortho intramolecular Hbond substituents is 2. The summed E-state index contributed by atoms with van der Waals surface area (Å²) in [4.78, 5) is 12.0. The third-order valence-electron chi connectivity index (χ3n) is 3.14. The molecule has 0 atom stereocenters. The first-order chi connectivity index (χ1) is 9.60. The Kier molecular flexibility index (Phi) is 6.91. The van der Waals surface area contributed by atoms with E-state index in [4.69, 9.17) is 4.74 Å². The molecule has 1 rings (SSSR count). The van der Waals surface area contributed by atoms with E-state index in [1.165, 1.54) is 12.1 Å². The Morgan fingerprint density at radius 2 is 1.85 bits per heavy atom. The number of aryl methyl sites for hydroxylation is 1. The van der Waals surface area contributed by atoms with E-state index in [-0.39, 0.29) is 17.1 Å². The maximum absolute atomic E-state index is 12.0. The molecule has 0 unspecified atom stereocenters. The zero-order valence-electron chi connectivity index (χ0n) is 12.3. The maximum Gasteiger partial charge on any atom is 0.342 e. The first-order valence-corrected chi connectivity index (χ1v) is 7.32. The molecule has 0 bridgehead atoms. The van der Waals surface area contributed by atoms with Crippen molar-refractivity contribution in [1.29, 1.82) is 0 Å². The van der Waals surface area contributed by atoms with Gasteiger partial charge in [0.2, 0.25) is 0 Å². The molecule has 0 aliphatic rings. The third-order valence-corrected chi connectivity index (χ3v) is 3.14. The lowest BCUT2D eigenvalue weighted by molar-refractivity contribution is 0.0493. The summed E-state index contributed by atoms with van der Waals surface area (Å²) in [6.45, 7) is 4.46. The minimum Gasteiger partial charge on any atom is -0.508 e. The Labute approximate surface area is 120 Å². The van der Waals surface area contributed by atoms with Crippen LogP contribution in [-0.4, -0.2) is 22.8 Å². The van der Waals surface area contributed by atoms with Crippen LogP contribution in [0.25, 0.3) is 0 Å². The molecule has 2 N–H and O–H groups in total. The molecule has 0 amide bonds. The Hall–Kier alpha value is -1.71. The molecule has 0 radical (unpaired) electrons. The lowest BCUT2D eigenvalue weighted by Gasteiger charge is -2.11. The molecule has 4 nitrogen and oxygen atoms in total. The van der Waals surface area contributed by atoms with Gasteiger partial charge in [-0.1, -0.05) is 39.5 Å². The van der Waals surface area contributed by atoms with Crippen LogP contribution in [0.3, 0.4) is 0 Å². The molecule has 0 heterocycles. The zero-order valence-corrected chi connectivity index (χ0v) is 12.3. The molecule has 0 spiro atoms. The van der Waals surface area contributed by atoms with Crippen LogP contribution >= 0.6 is 0 Å². The summed E-state index contributed by atoms with van der Waals surface area (Å²) in [6.07, 6.45) is 5.56. The Morgan fingerprint density at radius 3 is 2.50 bits per heavy atom. The number of ether oxygens (including phenoxy) is 1. The van der Waals surface area contributed by atoms with Crippen LogP contribution in [0.5, 0.6) is 11.5 Å². The number of unbranched alkanes of at least 4 members (excludes halogenated alkanes) is 3. The van der Waals surface area contributed by atoms with Crippen molar-refractivity contribution in [2.45, 2.75) is 52.4 Å². The molecule has 0 fully saturated rings. The standard InChI is InChI=1S/C16H24O4/c1-3-5-6-7-9-20-16(19)15-12(8-4-2)10-13(17)11-14(15)18/h10-11,17-18H,3-9H2,1-2H3. The second-order valence-corrected chi connectivity index (χ2v) is 4.95. The number of carbonyl (C=O) groups is 1. The smallest absolute Gasteiger partial charge is 0.342 e. The second-order valence-electron chi connectivity index (χ2n) is 4.95. The van der Waals surface area contributed by atoms with Crippen molar-refractivity contribution in [1.82, 2.24) is 0 Å². The number of benzene rings is 1. The van der Waals surface area contributed by atoms with Crippen molar-refractivity contribution < 1.29 is 19.7 Å². The molecule has 0 saturated carbocycles. The SMILES string of the molecule is CCCCCCOC(=O)c1c(O)cc(O)cc1CCC. The number of esters is 1. The molecule has 4 heteroatoms. The summed E-state index contributed by atoms with van der Waals surface area (Å²) >= 11 is 0. The highest BCUT2D eigenvalue weighted by Crippen LogP contribution is 2.28. The lowest BCUT2D eigenvalue weighted by Crippen LogP contribution is -2.10. The van der Waals surface area contributed by atoms with Gasteiger partial charge in [-0.05, 0) is 24.5 Å². The summed E-state index contributed by atoms with van der Waals surface area (Å²) in [5, 5.41) is 19.3. The Balaban J connectivity index is 2.71. The molecule has 0 aliphatic heterocycles. The highest BCUT2D eigenvalue weighted by molar-refractivity contribution is 5.94. The van der Waals surface area contributed by atoms with Crippen LogP contribution in [0.1, 0.15) is 61.9 Å². The van der Waals surface area contributed by atoms with Crippen molar-refractivity contribution in [2.24, 2.45) is 0 Å². The molecule has 0 aromatic heterocycles. The van der Waals surface area contributed by atoms with Gasteiger partial charge in [0, 0.05) is 6.07 Å². The fourth-order valence-corrected chi connectivity index (χ4v) is 2.14. The molecule has 1 aromatic carbocycles. The van der Waals surface area contributed by atoms with Crippen molar-refractivity contribution >= 4 is 5.97 Å². The highest BCUT2D eigenvalue weighted by atomic mass is 16.5. The van der Waals surface area contributed by atoms with Crippen LogP contribution < -0.4 is 0 Å². The molecule has 0 aliphatic carbocycles. The van der Waals surface area contributed by atoms with Gasteiger partial charge in [0.25, 0.3) is 0 Å². The number of phenols is 2. The number of aromatic hydroxyl groups is 2. The van der Waals surface area contributed by atoms with E-state index in [1.807, 2.05) is 6.92 Å². The summed E-state index contributed by atoms with van der Waals surface area (Å²) in [5.74, 6) is -0.764. The van der Waals surface area contributed by atoms with Gasteiger partial charge in [0.15, 0.2) is 0 Å². The van der Waals surface area contributed by atoms with Crippen LogP contribution in [-0.2, 0) is 11.2 Å². The van der Waals surface area contributed by atoms with Crippen LogP contribution in [0, 0.1) is 0 Å². The molecule has 1 aromatic rings. The zero-order chi connectivity index (χ0) is 15.0. The predicted octanol–water partition coefficient (Wildman–Crippen LogP) is 3.79. The van der Waals surface area contributed by atoms with Gasteiger partial charge < -0.3 is 14.9 Å². The molecule has 0 saturated heterocycles. The van der Waals surface area contributed by atoms with Crippen molar-refractivity contribution in [3.05, 3.63) is 23.3 Å². The second kappa shape index (κ2) is 8.46. The normalized spacial score (nSPS) is 10.5. The summed E-state index contributed by atoms with van der Waals surface area (Å²) < 4.78 is 5.20. The van der Waals surface area contributed by atoms with Crippen molar-refractivity contribution in [3.63, 3.8) is 0 Å². The molecular formula is C16H24O4. The average Bonchev–Trinajstić information content (AvgIpc) is 2.38. The van der Waals surface area contributed by atoms with Gasteiger partial charge in [-0.2, -0.15) is 0 Å². The van der Waals surface area contributed by atoms with Gasteiger partial charge in [-0.3, -0.25) is 0 Å². The Morgan fingerprint density at radius 1 is 1.10 bits per heavy atom. The number of carbonyl (C=O) groups excluding carboxylic acids is 1. The van der Waals surface area contributed by atoms with E-state index in [2.05, 4.69) is 6.92 Å². The first kappa shape index (κ1) is 16.3. The van der Waals surface area contributed by atoms with Crippen molar-refractivity contribution in [2.75, 3.05) is 6.61 Å². The highest BCUT2D eigenvalue weighted by Gasteiger charge is 2.18. The average molecular weight is 280 g/mol. The predicted molar refractivity (Wildman–Crippen MR) is 78.2 cm³/mol. The number of hydrogen-bond acceptors (Lipinski definition) is 4. The van der Waals surface area contributed by atoms with E-state index < -0.39 is 5.97 Å². The lowest BCUT2D eigenvalue weighted by atomic mass is 10.0. The van der Waals surface area contributed by atoms with Gasteiger partial charge in [-0.25, -0.2) is 4.79 Å². The fraction of sp³-hybridized carbons (Fsp3) is 0.562. The van der Waals surface area contributed by atoms with E-state index in [0.717, 1.165) is 32.1 Å². The fourth-order valence-electron chi connectivity index (χ4n) is 2.14. The summed E-state index contributed by atoms with van der Waals surface area (Å²) in [7, 11) is 0. The van der Waals surface area contributed by atoms with E-state index in [9.17, 15) is 15.0 Å². The van der Waals surface area contributed by atoms with Crippen LogP contribution in [0.4, 0.5) is 0 Å². The third kappa shape index (κ3) is 4.76. The van der Waals surface area contributed by atoms with Gasteiger partial charge in [-0.15, -0.1) is 0 Å². The van der Waals surface area contributed by atoms with Crippen molar-refractivity contribution in [3.8, 4) is 11.5 Å². The summed E-state index contributed by atoms with van der Waals surface area (Å²) in [6, 6.07) is 2.68.